The summed E-state index contributed by atoms with van der Waals surface area (Å²) in [6.45, 7) is 4.88. The van der Waals surface area contributed by atoms with Gasteiger partial charge in [-0.25, -0.2) is 0 Å². The zero-order chi connectivity index (χ0) is 12.8. The highest BCUT2D eigenvalue weighted by atomic mass is 16.5. The van der Waals surface area contributed by atoms with Crippen LogP contribution < -0.4 is 10.1 Å². The lowest BCUT2D eigenvalue weighted by Crippen LogP contribution is -2.09. The average Bonchev–Trinajstić information content (AvgIpc) is 2.91. The molecule has 1 aromatic heterocycles. The molecule has 18 heavy (non-hydrogen) atoms. The number of rotatable bonds is 6. The Kier molecular flexibility index (Phi) is 4.29. The largest absolute Gasteiger partial charge is 0.491 e. The summed E-state index contributed by atoms with van der Waals surface area (Å²) in [5, 5.41) is 3.29. The fourth-order valence-corrected chi connectivity index (χ4v) is 1.57. The Morgan fingerprint density at radius 3 is 2.61 bits per heavy atom. The smallest absolute Gasteiger partial charge is 0.122 e. The van der Waals surface area contributed by atoms with Gasteiger partial charge < -0.3 is 14.5 Å². The first-order valence-electron chi connectivity index (χ1n) is 6.31. The van der Waals surface area contributed by atoms with Crippen molar-refractivity contribution in [2.24, 2.45) is 0 Å². The van der Waals surface area contributed by atoms with E-state index in [1.54, 1.807) is 6.26 Å². The Bertz CT molecular complexity index is 448. The average molecular weight is 245 g/mol. The summed E-state index contributed by atoms with van der Waals surface area (Å²) in [4.78, 5) is 0. The van der Waals surface area contributed by atoms with E-state index in [0.29, 0.717) is 6.54 Å². The molecule has 0 amide bonds. The number of ether oxygens (including phenoxy) is 1. The second kappa shape index (κ2) is 6.15. The molecule has 0 fully saturated rings. The highest BCUT2D eigenvalue weighted by molar-refractivity contribution is 5.46. The predicted octanol–water partition coefficient (Wildman–Crippen LogP) is 4.07. The molecule has 1 aromatic carbocycles. The first-order chi connectivity index (χ1) is 8.78. The molecule has 0 spiro atoms. The van der Waals surface area contributed by atoms with Gasteiger partial charge in [0, 0.05) is 5.69 Å². The van der Waals surface area contributed by atoms with Crippen molar-refractivity contribution in [3.63, 3.8) is 0 Å². The number of nitrogens with one attached hydrogen (secondary N) is 1. The number of furan rings is 1. The van der Waals surface area contributed by atoms with Crippen LogP contribution >= 0.6 is 0 Å². The summed E-state index contributed by atoms with van der Waals surface area (Å²) in [6.07, 6.45) is 2.95. The SMILES string of the molecule is CCC(C)Oc1ccc(NCc2ccco2)cc1. The molecule has 2 aromatic rings. The molecular formula is C15H19NO2. The lowest BCUT2D eigenvalue weighted by molar-refractivity contribution is 0.217. The van der Waals surface area contributed by atoms with Gasteiger partial charge in [0.05, 0.1) is 18.9 Å². The molecule has 1 atom stereocenters. The van der Waals surface area contributed by atoms with Gasteiger partial charge in [-0.1, -0.05) is 6.92 Å². The van der Waals surface area contributed by atoms with E-state index in [1.165, 1.54) is 0 Å². The molecule has 0 saturated carbocycles. The van der Waals surface area contributed by atoms with Gasteiger partial charge in [-0.05, 0) is 49.7 Å². The van der Waals surface area contributed by atoms with Gasteiger partial charge in [0.15, 0.2) is 0 Å². The Morgan fingerprint density at radius 1 is 1.22 bits per heavy atom. The lowest BCUT2D eigenvalue weighted by Gasteiger charge is -2.13. The van der Waals surface area contributed by atoms with Crippen molar-refractivity contribution in [1.82, 2.24) is 0 Å². The summed E-state index contributed by atoms with van der Waals surface area (Å²) in [6, 6.07) is 11.8. The Morgan fingerprint density at radius 2 is 2.00 bits per heavy atom. The van der Waals surface area contributed by atoms with Crippen molar-refractivity contribution in [3.05, 3.63) is 48.4 Å². The summed E-state index contributed by atoms with van der Waals surface area (Å²) < 4.78 is 11.0. The highest BCUT2D eigenvalue weighted by Crippen LogP contribution is 2.18. The number of hydrogen-bond donors (Lipinski definition) is 1. The molecule has 3 nitrogen and oxygen atoms in total. The fourth-order valence-electron chi connectivity index (χ4n) is 1.57. The van der Waals surface area contributed by atoms with E-state index in [4.69, 9.17) is 9.15 Å². The summed E-state index contributed by atoms with van der Waals surface area (Å²) >= 11 is 0. The molecule has 0 aliphatic heterocycles. The molecule has 0 saturated heterocycles. The molecule has 3 heteroatoms. The van der Waals surface area contributed by atoms with Crippen LogP contribution in [0.4, 0.5) is 5.69 Å². The van der Waals surface area contributed by atoms with Gasteiger partial charge in [-0.2, -0.15) is 0 Å². The Labute approximate surface area is 108 Å². The fraction of sp³-hybridized carbons (Fsp3) is 0.333. The molecule has 1 heterocycles. The van der Waals surface area contributed by atoms with Crippen LogP contribution in [-0.2, 0) is 6.54 Å². The van der Waals surface area contributed by atoms with E-state index in [1.807, 2.05) is 36.4 Å². The maximum absolute atomic E-state index is 5.72. The quantitative estimate of drug-likeness (QED) is 0.833. The van der Waals surface area contributed by atoms with Gasteiger partial charge in [0.2, 0.25) is 0 Å². The maximum atomic E-state index is 5.72. The van der Waals surface area contributed by atoms with Crippen LogP contribution in [0, 0.1) is 0 Å². The van der Waals surface area contributed by atoms with Crippen LogP contribution in [0.1, 0.15) is 26.0 Å². The molecule has 1 N–H and O–H groups in total. The van der Waals surface area contributed by atoms with E-state index >= 15 is 0 Å². The van der Waals surface area contributed by atoms with E-state index in [0.717, 1.165) is 23.6 Å². The molecule has 2 rings (SSSR count). The number of benzene rings is 1. The lowest BCUT2D eigenvalue weighted by atomic mass is 10.2. The summed E-state index contributed by atoms with van der Waals surface area (Å²) in [7, 11) is 0. The molecule has 0 radical (unpaired) electrons. The van der Waals surface area contributed by atoms with Crippen molar-refractivity contribution in [1.29, 1.82) is 0 Å². The van der Waals surface area contributed by atoms with Crippen LogP contribution in [0.2, 0.25) is 0 Å². The van der Waals surface area contributed by atoms with Gasteiger partial charge in [-0.15, -0.1) is 0 Å². The van der Waals surface area contributed by atoms with Crippen LogP contribution in [0.5, 0.6) is 5.75 Å². The van der Waals surface area contributed by atoms with Crippen molar-refractivity contribution in [3.8, 4) is 5.75 Å². The second-order valence-electron chi connectivity index (χ2n) is 4.29. The molecular weight excluding hydrogens is 226 g/mol. The van der Waals surface area contributed by atoms with Crippen LogP contribution in [0.15, 0.2) is 47.1 Å². The minimum Gasteiger partial charge on any atom is -0.491 e. The maximum Gasteiger partial charge on any atom is 0.122 e. The third-order valence-corrected chi connectivity index (χ3v) is 2.81. The molecule has 96 valence electrons. The summed E-state index contributed by atoms with van der Waals surface area (Å²) in [5.74, 6) is 1.84. The Hall–Kier alpha value is -1.90. The molecule has 0 aliphatic carbocycles. The third kappa shape index (κ3) is 3.55. The van der Waals surface area contributed by atoms with Crippen molar-refractivity contribution in [2.75, 3.05) is 5.32 Å². The molecule has 0 bridgehead atoms. The molecule has 0 aliphatic rings. The normalized spacial score (nSPS) is 12.1. The van der Waals surface area contributed by atoms with Crippen LogP contribution in [-0.4, -0.2) is 6.10 Å². The molecule has 1 unspecified atom stereocenters. The van der Waals surface area contributed by atoms with Crippen LogP contribution in [0.3, 0.4) is 0 Å². The Balaban J connectivity index is 1.87. The summed E-state index contributed by atoms with van der Waals surface area (Å²) in [5.41, 5.74) is 1.06. The standard InChI is InChI=1S/C15H19NO2/c1-3-12(2)18-14-8-6-13(7-9-14)16-11-15-5-4-10-17-15/h4-10,12,16H,3,11H2,1-2H3. The van der Waals surface area contributed by atoms with E-state index in [2.05, 4.69) is 19.2 Å². The van der Waals surface area contributed by atoms with Crippen molar-refractivity contribution < 1.29 is 9.15 Å². The predicted molar refractivity (Wildman–Crippen MR) is 72.9 cm³/mol. The van der Waals surface area contributed by atoms with Gasteiger partial charge in [-0.3, -0.25) is 0 Å². The van der Waals surface area contributed by atoms with Crippen LogP contribution in [0.25, 0.3) is 0 Å². The first kappa shape index (κ1) is 12.6. The van der Waals surface area contributed by atoms with E-state index in [9.17, 15) is 0 Å². The second-order valence-corrected chi connectivity index (χ2v) is 4.29. The van der Waals surface area contributed by atoms with Gasteiger partial charge >= 0.3 is 0 Å². The van der Waals surface area contributed by atoms with Gasteiger partial charge in [0.25, 0.3) is 0 Å². The zero-order valence-corrected chi connectivity index (χ0v) is 10.8. The van der Waals surface area contributed by atoms with Crippen molar-refractivity contribution in [2.45, 2.75) is 32.9 Å². The zero-order valence-electron chi connectivity index (χ0n) is 10.8. The number of anilines is 1. The minimum absolute atomic E-state index is 0.256. The van der Waals surface area contributed by atoms with Crippen molar-refractivity contribution >= 4 is 5.69 Å². The highest BCUT2D eigenvalue weighted by Gasteiger charge is 2.01. The first-order valence-corrected chi connectivity index (χ1v) is 6.31. The monoisotopic (exact) mass is 245 g/mol. The third-order valence-electron chi connectivity index (χ3n) is 2.81. The van der Waals surface area contributed by atoms with E-state index in [-0.39, 0.29) is 6.10 Å². The van der Waals surface area contributed by atoms with Gasteiger partial charge in [0.1, 0.15) is 11.5 Å². The minimum atomic E-state index is 0.256. The topological polar surface area (TPSA) is 34.4 Å². The van der Waals surface area contributed by atoms with E-state index < -0.39 is 0 Å². The number of hydrogen-bond acceptors (Lipinski definition) is 3.